The molecule has 4 rings (SSSR count). The minimum atomic E-state index is -0.204. The molecule has 1 aliphatic heterocycles. The standard InChI is InChI=1S/C22H22N4O2/c1-4-20(27)26-19(15-7-5-13(2)6-8-15)11-17(25-26)21-14(3)16-9-10-23-12-18(16)24-22(21)28/h5-10,12,19H,4,11H2,1-3H3,(H,24,28). The smallest absolute Gasteiger partial charge is 0.257 e. The molecule has 0 saturated heterocycles. The Morgan fingerprint density at radius 3 is 2.68 bits per heavy atom. The van der Waals surface area contributed by atoms with Crippen LogP contribution in [0.3, 0.4) is 0 Å². The van der Waals surface area contributed by atoms with Gasteiger partial charge in [0.05, 0.1) is 29.0 Å². The quantitative estimate of drug-likeness (QED) is 0.760. The van der Waals surface area contributed by atoms with Gasteiger partial charge in [0.15, 0.2) is 0 Å². The van der Waals surface area contributed by atoms with Crippen LogP contribution in [-0.2, 0) is 4.79 Å². The van der Waals surface area contributed by atoms with Crippen molar-refractivity contribution in [1.82, 2.24) is 15.0 Å². The molecule has 6 nitrogen and oxygen atoms in total. The number of hydrogen-bond donors (Lipinski definition) is 1. The number of carbonyl (C=O) groups excluding carboxylic acids is 1. The molecule has 1 N–H and O–H groups in total. The number of benzene rings is 1. The number of H-pyrrole nitrogens is 1. The molecule has 1 unspecified atom stereocenters. The van der Waals surface area contributed by atoms with Crippen LogP contribution in [0.1, 0.15) is 48.1 Å². The Bertz CT molecular complexity index is 1150. The third-order valence-corrected chi connectivity index (χ3v) is 5.29. The molecule has 0 fully saturated rings. The Morgan fingerprint density at radius 2 is 1.96 bits per heavy atom. The lowest BCUT2D eigenvalue weighted by Gasteiger charge is -2.21. The molecule has 0 spiro atoms. The molecular weight excluding hydrogens is 352 g/mol. The van der Waals surface area contributed by atoms with Crippen LogP contribution < -0.4 is 5.56 Å². The van der Waals surface area contributed by atoms with E-state index in [1.165, 1.54) is 5.01 Å². The number of carbonyl (C=O) groups is 1. The number of nitrogens with zero attached hydrogens (tertiary/aromatic N) is 3. The number of rotatable bonds is 3. The van der Waals surface area contributed by atoms with E-state index < -0.39 is 0 Å². The Kier molecular flexibility index (Phi) is 4.55. The summed E-state index contributed by atoms with van der Waals surface area (Å²) < 4.78 is 0. The van der Waals surface area contributed by atoms with Gasteiger partial charge in [-0.15, -0.1) is 0 Å². The zero-order valence-corrected chi connectivity index (χ0v) is 16.2. The van der Waals surface area contributed by atoms with Crippen molar-refractivity contribution in [2.45, 2.75) is 39.7 Å². The number of aromatic nitrogens is 2. The first kappa shape index (κ1) is 18.1. The SMILES string of the molecule is CCC(=O)N1N=C(c2c(C)c3ccncc3[nH]c2=O)CC1c1ccc(C)cc1. The molecule has 1 amide bonds. The molecular formula is C22H22N4O2. The van der Waals surface area contributed by atoms with Crippen molar-refractivity contribution in [1.29, 1.82) is 0 Å². The van der Waals surface area contributed by atoms with Gasteiger partial charge in [-0.05, 0) is 31.0 Å². The van der Waals surface area contributed by atoms with Gasteiger partial charge in [-0.1, -0.05) is 36.8 Å². The minimum Gasteiger partial charge on any atom is -0.320 e. The van der Waals surface area contributed by atoms with E-state index >= 15 is 0 Å². The fraction of sp³-hybridized carbons (Fsp3) is 0.273. The van der Waals surface area contributed by atoms with E-state index in [0.717, 1.165) is 22.1 Å². The second-order valence-corrected chi connectivity index (χ2v) is 7.14. The highest BCUT2D eigenvalue weighted by Gasteiger charge is 2.34. The van der Waals surface area contributed by atoms with Crippen LogP contribution in [0.15, 0.2) is 52.6 Å². The Hall–Kier alpha value is -3.28. The summed E-state index contributed by atoms with van der Waals surface area (Å²) in [6, 6.07) is 9.79. The van der Waals surface area contributed by atoms with Crippen LogP contribution in [0.4, 0.5) is 0 Å². The lowest BCUT2D eigenvalue weighted by molar-refractivity contribution is -0.132. The van der Waals surface area contributed by atoms with Gasteiger partial charge >= 0.3 is 0 Å². The molecule has 2 aromatic heterocycles. The molecule has 6 heteroatoms. The summed E-state index contributed by atoms with van der Waals surface area (Å²) in [5.41, 5.74) is 4.71. The highest BCUT2D eigenvalue weighted by molar-refractivity contribution is 6.06. The Balaban J connectivity index is 1.82. The average molecular weight is 374 g/mol. The first-order valence-corrected chi connectivity index (χ1v) is 9.42. The highest BCUT2D eigenvalue weighted by atomic mass is 16.2. The second kappa shape index (κ2) is 7.03. The Morgan fingerprint density at radius 1 is 1.21 bits per heavy atom. The maximum atomic E-state index is 12.8. The van der Waals surface area contributed by atoms with Crippen molar-refractivity contribution in [3.8, 4) is 0 Å². The first-order chi connectivity index (χ1) is 13.5. The number of aryl methyl sites for hydroxylation is 2. The van der Waals surface area contributed by atoms with Gasteiger partial charge in [0, 0.05) is 24.4 Å². The van der Waals surface area contributed by atoms with Crippen LogP contribution in [0, 0.1) is 13.8 Å². The second-order valence-electron chi connectivity index (χ2n) is 7.14. The van der Waals surface area contributed by atoms with Crippen LogP contribution in [-0.4, -0.2) is 26.6 Å². The van der Waals surface area contributed by atoms with Gasteiger partial charge in [0.25, 0.3) is 5.56 Å². The number of fused-ring (bicyclic) bond motifs is 1. The van der Waals surface area contributed by atoms with Crippen LogP contribution in [0.2, 0.25) is 0 Å². The third-order valence-electron chi connectivity index (χ3n) is 5.29. The van der Waals surface area contributed by atoms with Gasteiger partial charge in [-0.3, -0.25) is 14.6 Å². The normalized spacial score (nSPS) is 16.5. The molecule has 3 heterocycles. The summed E-state index contributed by atoms with van der Waals surface area (Å²) in [6.45, 7) is 5.77. The zero-order valence-electron chi connectivity index (χ0n) is 16.2. The lowest BCUT2D eigenvalue weighted by Crippen LogP contribution is -2.26. The van der Waals surface area contributed by atoms with Gasteiger partial charge < -0.3 is 4.98 Å². The molecule has 0 aliphatic carbocycles. The molecule has 1 aliphatic rings. The van der Waals surface area contributed by atoms with E-state index in [1.54, 1.807) is 12.4 Å². The average Bonchev–Trinajstić information content (AvgIpc) is 3.13. The fourth-order valence-electron chi connectivity index (χ4n) is 3.76. The number of amides is 1. The van der Waals surface area contributed by atoms with E-state index in [9.17, 15) is 9.59 Å². The van der Waals surface area contributed by atoms with Crippen molar-refractivity contribution >= 4 is 22.5 Å². The molecule has 0 saturated carbocycles. The highest BCUT2D eigenvalue weighted by Crippen LogP contribution is 2.34. The number of pyridine rings is 2. The number of hydrogen-bond acceptors (Lipinski definition) is 4. The molecule has 28 heavy (non-hydrogen) atoms. The molecule has 1 aromatic carbocycles. The predicted octanol–water partition coefficient (Wildman–Crippen LogP) is 3.63. The number of aromatic amines is 1. The monoisotopic (exact) mass is 374 g/mol. The van der Waals surface area contributed by atoms with Crippen LogP contribution in [0.25, 0.3) is 10.9 Å². The largest absolute Gasteiger partial charge is 0.320 e. The summed E-state index contributed by atoms with van der Waals surface area (Å²) in [4.78, 5) is 32.3. The minimum absolute atomic E-state index is 0.0559. The summed E-state index contributed by atoms with van der Waals surface area (Å²) >= 11 is 0. The molecule has 142 valence electrons. The first-order valence-electron chi connectivity index (χ1n) is 9.42. The third kappa shape index (κ3) is 3.01. The van der Waals surface area contributed by atoms with Gasteiger partial charge in [0.1, 0.15) is 0 Å². The molecule has 3 aromatic rings. The molecule has 0 bridgehead atoms. The van der Waals surface area contributed by atoms with Gasteiger partial charge in [-0.2, -0.15) is 5.10 Å². The summed E-state index contributed by atoms with van der Waals surface area (Å²) in [7, 11) is 0. The number of hydrazone groups is 1. The zero-order chi connectivity index (χ0) is 19.8. The van der Waals surface area contributed by atoms with Crippen molar-refractivity contribution < 1.29 is 4.79 Å². The van der Waals surface area contributed by atoms with Crippen molar-refractivity contribution in [3.63, 3.8) is 0 Å². The van der Waals surface area contributed by atoms with E-state index in [-0.39, 0.29) is 17.5 Å². The Labute approximate surface area is 162 Å². The summed E-state index contributed by atoms with van der Waals surface area (Å²) in [6.07, 6.45) is 4.22. The van der Waals surface area contributed by atoms with Crippen molar-refractivity contribution in [3.05, 3.63) is 75.3 Å². The maximum Gasteiger partial charge on any atom is 0.257 e. The number of nitrogens with one attached hydrogen (secondary N) is 1. The predicted molar refractivity (Wildman–Crippen MR) is 109 cm³/mol. The van der Waals surface area contributed by atoms with Crippen molar-refractivity contribution in [2.75, 3.05) is 0 Å². The topological polar surface area (TPSA) is 78.4 Å². The van der Waals surface area contributed by atoms with Gasteiger partial charge in [-0.25, -0.2) is 5.01 Å². The molecule has 1 atom stereocenters. The molecule has 0 radical (unpaired) electrons. The van der Waals surface area contributed by atoms with E-state index in [1.807, 2.05) is 51.1 Å². The summed E-state index contributed by atoms with van der Waals surface area (Å²) in [5.74, 6) is -0.0559. The van der Waals surface area contributed by atoms with E-state index in [4.69, 9.17) is 0 Å². The van der Waals surface area contributed by atoms with Crippen molar-refractivity contribution in [2.24, 2.45) is 5.10 Å². The fourth-order valence-corrected chi connectivity index (χ4v) is 3.76. The van der Waals surface area contributed by atoms with Crippen LogP contribution in [0.5, 0.6) is 0 Å². The summed E-state index contributed by atoms with van der Waals surface area (Å²) in [5, 5.41) is 7.07. The van der Waals surface area contributed by atoms with Crippen LogP contribution >= 0.6 is 0 Å². The lowest BCUT2D eigenvalue weighted by atomic mass is 9.95. The van der Waals surface area contributed by atoms with Gasteiger partial charge in [0.2, 0.25) is 5.91 Å². The van der Waals surface area contributed by atoms with E-state index in [0.29, 0.717) is 29.6 Å². The van der Waals surface area contributed by atoms with E-state index in [2.05, 4.69) is 15.1 Å². The maximum absolute atomic E-state index is 12.8.